The van der Waals surface area contributed by atoms with Crippen LogP contribution >= 0.6 is 0 Å². The predicted molar refractivity (Wildman–Crippen MR) is 62.7 cm³/mol. The third-order valence-corrected chi connectivity index (χ3v) is 4.13. The molecule has 0 aromatic rings. The lowest BCUT2D eigenvalue weighted by atomic mass is 9.89. The highest BCUT2D eigenvalue weighted by Crippen LogP contribution is 2.36. The van der Waals surface area contributed by atoms with E-state index in [1.165, 1.54) is 0 Å². The van der Waals surface area contributed by atoms with Crippen LogP contribution < -0.4 is 5.32 Å². The molecule has 1 aliphatic heterocycles. The lowest BCUT2D eigenvalue weighted by Gasteiger charge is -2.35. The van der Waals surface area contributed by atoms with E-state index in [1.54, 1.807) is 4.90 Å². The number of carbonyl (C=O) groups is 2. The number of carboxylic acids is 1. The number of carboxylic acid groups (broad SMARTS) is 1. The van der Waals surface area contributed by atoms with Crippen molar-refractivity contribution < 1.29 is 14.7 Å². The topological polar surface area (TPSA) is 69.6 Å². The molecule has 2 aliphatic rings. The summed E-state index contributed by atoms with van der Waals surface area (Å²) in [7, 11) is 0. The van der Waals surface area contributed by atoms with E-state index in [2.05, 4.69) is 19.2 Å². The molecular formula is C12H20N2O3. The van der Waals surface area contributed by atoms with Gasteiger partial charge in [0, 0.05) is 13.1 Å². The summed E-state index contributed by atoms with van der Waals surface area (Å²) in [6.45, 7) is 5.78. The fraction of sp³-hybridized carbons (Fsp3) is 0.833. The number of aliphatic carboxylic acids is 1. The smallest absolute Gasteiger partial charge is 0.329 e. The first-order valence-corrected chi connectivity index (χ1v) is 6.25. The first-order valence-electron chi connectivity index (χ1n) is 6.25. The summed E-state index contributed by atoms with van der Waals surface area (Å²) in [4.78, 5) is 24.7. The van der Waals surface area contributed by atoms with E-state index in [9.17, 15) is 9.59 Å². The van der Waals surface area contributed by atoms with Crippen LogP contribution in [-0.2, 0) is 4.79 Å². The van der Waals surface area contributed by atoms with E-state index in [-0.39, 0.29) is 6.03 Å². The Morgan fingerprint density at radius 3 is 2.41 bits per heavy atom. The van der Waals surface area contributed by atoms with Crippen LogP contribution in [0, 0.1) is 11.8 Å². The second-order valence-electron chi connectivity index (χ2n) is 5.51. The minimum Gasteiger partial charge on any atom is -0.480 e. The van der Waals surface area contributed by atoms with Crippen LogP contribution in [0.3, 0.4) is 0 Å². The Morgan fingerprint density at radius 1 is 1.29 bits per heavy atom. The third-order valence-electron chi connectivity index (χ3n) is 4.13. The minimum atomic E-state index is -0.969. The molecule has 2 amide bonds. The SMILES string of the molecule is CC1CCN(C(=O)NC2(C(=O)O)CC2)CC1C. The van der Waals surface area contributed by atoms with Crippen LogP contribution in [-0.4, -0.2) is 40.6 Å². The van der Waals surface area contributed by atoms with Gasteiger partial charge in [0.2, 0.25) is 0 Å². The molecule has 2 unspecified atom stereocenters. The summed E-state index contributed by atoms with van der Waals surface area (Å²) in [6, 6.07) is -0.219. The van der Waals surface area contributed by atoms with Gasteiger partial charge < -0.3 is 15.3 Å². The van der Waals surface area contributed by atoms with E-state index < -0.39 is 11.5 Å². The van der Waals surface area contributed by atoms with E-state index in [4.69, 9.17) is 5.11 Å². The zero-order chi connectivity index (χ0) is 12.6. The molecule has 5 heteroatoms. The number of likely N-dealkylation sites (tertiary alicyclic amines) is 1. The number of nitrogens with zero attached hydrogens (tertiary/aromatic N) is 1. The Morgan fingerprint density at radius 2 is 1.94 bits per heavy atom. The standard InChI is InChI=1S/C12H20N2O3/c1-8-3-6-14(7-9(8)2)11(17)13-12(4-5-12)10(15)16/h8-9H,3-7H2,1-2H3,(H,13,17)(H,15,16). The molecule has 2 rings (SSSR count). The number of amides is 2. The molecule has 0 spiro atoms. The van der Waals surface area contributed by atoms with Crippen LogP contribution in [0.2, 0.25) is 0 Å². The molecular weight excluding hydrogens is 220 g/mol. The van der Waals surface area contributed by atoms with Gasteiger partial charge in [-0.2, -0.15) is 0 Å². The number of hydrogen-bond donors (Lipinski definition) is 2. The molecule has 0 aromatic carbocycles. The first-order chi connectivity index (χ1) is 7.94. The zero-order valence-corrected chi connectivity index (χ0v) is 10.4. The van der Waals surface area contributed by atoms with Gasteiger partial charge in [-0.15, -0.1) is 0 Å². The van der Waals surface area contributed by atoms with Gasteiger partial charge in [-0.25, -0.2) is 9.59 Å². The highest BCUT2D eigenvalue weighted by molar-refractivity contribution is 5.88. The third kappa shape index (κ3) is 2.37. The molecule has 96 valence electrons. The summed E-state index contributed by atoms with van der Waals surface area (Å²) >= 11 is 0. The molecule has 5 nitrogen and oxygen atoms in total. The second kappa shape index (κ2) is 4.20. The Hall–Kier alpha value is -1.26. The molecule has 2 fully saturated rings. The molecule has 2 N–H and O–H groups in total. The molecule has 2 atom stereocenters. The average molecular weight is 240 g/mol. The first kappa shape index (κ1) is 12.2. The van der Waals surface area contributed by atoms with Gasteiger partial charge in [0.15, 0.2) is 0 Å². The van der Waals surface area contributed by atoms with Gasteiger partial charge >= 0.3 is 12.0 Å². The van der Waals surface area contributed by atoms with Gasteiger partial charge in [0.25, 0.3) is 0 Å². The summed E-state index contributed by atoms with van der Waals surface area (Å²) < 4.78 is 0. The van der Waals surface area contributed by atoms with Crippen molar-refractivity contribution in [3.05, 3.63) is 0 Å². The Labute approximate surface area is 101 Å². The average Bonchev–Trinajstić information content (AvgIpc) is 3.03. The monoisotopic (exact) mass is 240 g/mol. The van der Waals surface area contributed by atoms with Crippen molar-refractivity contribution in [1.29, 1.82) is 0 Å². The molecule has 0 radical (unpaired) electrons. The second-order valence-corrected chi connectivity index (χ2v) is 5.51. The number of rotatable bonds is 2. The zero-order valence-electron chi connectivity index (χ0n) is 10.4. The largest absolute Gasteiger partial charge is 0.480 e. The predicted octanol–water partition coefficient (Wildman–Crippen LogP) is 1.29. The van der Waals surface area contributed by atoms with E-state index in [0.717, 1.165) is 19.5 Å². The van der Waals surface area contributed by atoms with Gasteiger partial charge in [-0.3, -0.25) is 0 Å². The number of nitrogens with one attached hydrogen (secondary N) is 1. The maximum atomic E-state index is 12.0. The molecule has 1 heterocycles. The Balaban J connectivity index is 1.91. The quantitative estimate of drug-likeness (QED) is 0.764. The lowest BCUT2D eigenvalue weighted by Crippen LogP contribution is -2.52. The van der Waals surface area contributed by atoms with Crippen LogP contribution in [0.1, 0.15) is 33.1 Å². The summed E-state index contributed by atoms with van der Waals surface area (Å²) in [5.74, 6) is 0.201. The Kier molecular flexibility index (Phi) is 3.02. The van der Waals surface area contributed by atoms with Crippen molar-refractivity contribution in [3.8, 4) is 0 Å². The molecule has 17 heavy (non-hydrogen) atoms. The van der Waals surface area contributed by atoms with Crippen molar-refractivity contribution in [1.82, 2.24) is 10.2 Å². The molecule has 0 aromatic heterocycles. The highest BCUT2D eigenvalue weighted by Gasteiger charge is 2.52. The molecule has 1 saturated heterocycles. The van der Waals surface area contributed by atoms with E-state index >= 15 is 0 Å². The fourth-order valence-corrected chi connectivity index (χ4v) is 2.25. The molecule has 1 aliphatic carbocycles. The van der Waals surface area contributed by atoms with Crippen molar-refractivity contribution in [2.75, 3.05) is 13.1 Å². The van der Waals surface area contributed by atoms with Crippen molar-refractivity contribution >= 4 is 12.0 Å². The van der Waals surface area contributed by atoms with Crippen molar-refractivity contribution in [2.24, 2.45) is 11.8 Å². The number of hydrogen-bond acceptors (Lipinski definition) is 2. The van der Waals surface area contributed by atoms with E-state index in [1.807, 2.05) is 0 Å². The highest BCUT2D eigenvalue weighted by atomic mass is 16.4. The maximum Gasteiger partial charge on any atom is 0.329 e. The normalized spacial score (nSPS) is 30.8. The summed E-state index contributed by atoms with van der Waals surface area (Å²) in [5.41, 5.74) is -0.969. The Bertz CT molecular complexity index is 339. The van der Waals surface area contributed by atoms with E-state index in [0.29, 0.717) is 24.7 Å². The number of carbonyl (C=O) groups excluding carboxylic acids is 1. The van der Waals surface area contributed by atoms with Crippen LogP contribution in [0.5, 0.6) is 0 Å². The maximum absolute atomic E-state index is 12.0. The van der Waals surface area contributed by atoms with Gasteiger partial charge in [0.1, 0.15) is 5.54 Å². The number of piperidine rings is 1. The minimum absolute atomic E-state index is 0.219. The summed E-state index contributed by atoms with van der Waals surface area (Å²) in [6.07, 6.45) is 2.09. The van der Waals surface area contributed by atoms with Gasteiger partial charge in [0.05, 0.1) is 0 Å². The van der Waals surface area contributed by atoms with Crippen LogP contribution in [0.4, 0.5) is 4.79 Å². The van der Waals surface area contributed by atoms with Crippen molar-refractivity contribution in [2.45, 2.75) is 38.6 Å². The molecule has 1 saturated carbocycles. The van der Waals surface area contributed by atoms with Crippen molar-refractivity contribution in [3.63, 3.8) is 0 Å². The van der Waals surface area contributed by atoms with Gasteiger partial charge in [-0.05, 0) is 31.1 Å². The fourth-order valence-electron chi connectivity index (χ4n) is 2.25. The van der Waals surface area contributed by atoms with Gasteiger partial charge in [-0.1, -0.05) is 13.8 Å². The van der Waals surface area contributed by atoms with Crippen LogP contribution in [0.15, 0.2) is 0 Å². The van der Waals surface area contributed by atoms with Crippen LogP contribution in [0.25, 0.3) is 0 Å². The summed E-state index contributed by atoms with van der Waals surface area (Å²) in [5, 5.41) is 11.7. The molecule has 0 bridgehead atoms. The lowest BCUT2D eigenvalue weighted by molar-refractivity contribution is -0.140. The number of urea groups is 1.